The summed E-state index contributed by atoms with van der Waals surface area (Å²) in [5.41, 5.74) is 0. The van der Waals surface area contributed by atoms with Gasteiger partial charge in [-0.25, -0.2) is 8.42 Å². The maximum absolute atomic E-state index is 12.5. The Morgan fingerprint density at radius 3 is 2.92 bits per heavy atom. The summed E-state index contributed by atoms with van der Waals surface area (Å²) in [5.74, 6) is -0.112. The van der Waals surface area contributed by atoms with Crippen molar-refractivity contribution in [1.82, 2.24) is 9.80 Å². The van der Waals surface area contributed by atoms with E-state index in [0.717, 1.165) is 11.8 Å². The molecule has 0 aliphatic carbocycles. The van der Waals surface area contributed by atoms with Crippen molar-refractivity contribution in [3.63, 3.8) is 0 Å². The zero-order valence-electron chi connectivity index (χ0n) is 13.4. The van der Waals surface area contributed by atoms with Crippen molar-refractivity contribution in [2.24, 2.45) is 0 Å². The van der Waals surface area contributed by atoms with Crippen molar-refractivity contribution in [3.05, 3.63) is 29.1 Å². The average Bonchev–Trinajstić information content (AvgIpc) is 3.24. The van der Waals surface area contributed by atoms with E-state index in [4.69, 9.17) is 16.6 Å². The van der Waals surface area contributed by atoms with Gasteiger partial charge in [-0.2, -0.15) is 0 Å². The highest BCUT2D eigenvalue weighted by Gasteiger charge is 2.37. The minimum Gasteiger partial charge on any atom is -0.465 e. The second-order valence-corrected chi connectivity index (χ2v) is 9.75. The molecule has 2 saturated heterocycles. The lowest BCUT2D eigenvalue weighted by atomic mass is 10.2. The number of hydrogen-bond acceptors (Lipinski definition) is 7. The molecule has 0 aromatic carbocycles. The summed E-state index contributed by atoms with van der Waals surface area (Å²) in [6, 6.07) is 3.07. The smallest absolute Gasteiger partial charge is 0.266 e. The Morgan fingerprint density at radius 2 is 2.32 bits per heavy atom. The number of nitrogens with zero attached hydrogens (tertiary/aromatic N) is 2. The Bertz CT molecular complexity index is 845. The fraction of sp³-hybridized carbons (Fsp3) is 0.400. The summed E-state index contributed by atoms with van der Waals surface area (Å²) in [6.07, 6.45) is 3.50. The van der Waals surface area contributed by atoms with Crippen LogP contribution in [0, 0.1) is 0 Å². The first kappa shape index (κ1) is 18.2. The van der Waals surface area contributed by atoms with Gasteiger partial charge in [0.15, 0.2) is 9.84 Å². The number of thioether (sulfide) groups is 1. The van der Waals surface area contributed by atoms with Crippen molar-refractivity contribution in [2.45, 2.75) is 12.5 Å². The number of carbonyl (C=O) groups excluding carboxylic acids is 2. The third kappa shape index (κ3) is 3.96. The predicted octanol–water partition coefficient (Wildman–Crippen LogP) is 1.13. The van der Waals surface area contributed by atoms with Crippen LogP contribution in [0.25, 0.3) is 6.08 Å². The summed E-state index contributed by atoms with van der Waals surface area (Å²) in [6.45, 7) is -0.201. The normalized spacial score (nSPS) is 24.3. The van der Waals surface area contributed by atoms with E-state index in [1.807, 2.05) is 0 Å². The number of sulfone groups is 1. The van der Waals surface area contributed by atoms with Crippen LogP contribution in [0.2, 0.25) is 0 Å². The number of amides is 2. The highest BCUT2D eigenvalue weighted by molar-refractivity contribution is 8.26. The van der Waals surface area contributed by atoms with E-state index in [-0.39, 0.29) is 35.9 Å². The number of hydrogen-bond donors (Lipinski definition) is 0. The summed E-state index contributed by atoms with van der Waals surface area (Å²) < 4.78 is 28.6. The predicted molar refractivity (Wildman–Crippen MR) is 98.4 cm³/mol. The molecule has 1 atom stereocenters. The first-order valence-corrected chi connectivity index (χ1v) is 10.6. The molecule has 0 bridgehead atoms. The molecule has 0 radical (unpaired) electrons. The molecule has 0 saturated carbocycles. The third-order valence-electron chi connectivity index (χ3n) is 4.13. The van der Waals surface area contributed by atoms with Gasteiger partial charge in [0, 0.05) is 19.2 Å². The maximum Gasteiger partial charge on any atom is 0.266 e. The molecular formula is C15H16N2O5S3. The molecule has 2 amide bonds. The molecule has 3 rings (SSSR count). The van der Waals surface area contributed by atoms with E-state index < -0.39 is 9.84 Å². The highest BCUT2D eigenvalue weighted by Crippen LogP contribution is 2.32. The van der Waals surface area contributed by atoms with E-state index in [9.17, 15) is 18.0 Å². The number of furan rings is 1. The first-order valence-electron chi connectivity index (χ1n) is 7.52. The Morgan fingerprint density at radius 1 is 1.56 bits per heavy atom. The van der Waals surface area contributed by atoms with Gasteiger partial charge in [0.25, 0.3) is 5.91 Å². The summed E-state index contributed by atoms with van der Waals surface area (Å²) in [5, 5.41) is 0. The van der Waals surface area contributed by atoms with Crippen LogP contribution in [0.15, 0.2) is 27.7 Å². The van der Waals surface area contributed by atoms with E-state index in [1.54, 1.807) is 25.3 Å². The number of likely N-dealkylation sites (N-methyl/N-ethyl adjacent to an activating group) is 1. The molecule has 7 nitrogen and oxygen atoms in total. The molecule has 0 spiro atoms. The van der Waals surface area contributed by atoms with Gasteiger partial charge in [0.05, 0.1) is 22.7 Å². The van der Waals surface area contributed by atoms with Crippen LogP contribution in [0.3, 0.4) is 0 Å². The Kier molecular flexibility index (Phi) is 5.03. The number of rotatable bonds is 4. The van der Waals surface area contributed by atoms with Gasteiger partial charge >= 0.3 is 0 Å². The van der Waals surface area contributed by atoms with Gasteiger partial charge in [-0.05, 0) is 18.6 Å². The lowest BCUT2D eigenvalue weighted by Crippen LogP contribution is -2.45. The molecule has 0 N–H and O–H groups in total. The largest absolute Gasteiger partial charge is 0.465 e. The van der Waals surface area contributed by atoms with Crippen LogP contribution in [0.4, 0.5) is 0 Å². The molecule has 0 unspecified atom stereocenters. The lowest BCUT2D eigenvalue weighted by Gasteiger charge is -2.25. The van der Waals surface area contributed by atoms with Crippen molar-refractivity contribution in [1.29, 1.82) is 0 Å². The van der Waals surface area contributed by atoms with Gasteiger partial charge in [-0.15, -0.1) is 0 Å². The molecule has 1 aromatic rings. The van der Waals surface area contributed by atoms with Crippen molar-refractivity contribution >= 4 is 56.0 Å². The summed E-state index contributed by atoms with van der Waals surface area (Å²) in [4.78, 5) is 27.9. The van der Waals surface area contributed by atoms with E-state index in [0.29, 0.717) is 21.4 Å². The Balaban J connectivity index is 1.67. The zero-order valence-corrected chi connectivity index (χ0v) is 15.8. The molecule has 2 aliphatic heterocycles. The van der Waals surface area contributed by atoms with Crippen LogP contribution < -0.4 is 0 Å². The molecule has 2 aliphatic rings. The monoisotopic (exact) mass is 400 g/mol. The SMILES string of the molecule is CN(C(=O)CN1C(=O)/C(=C\c2ccco2)SC1=S)[C@@H]1CCS(=O)(=O)C1. The second-order valence-electron chi connectivity index (χ2n) is 5.84. The lowest BCUT2D eigenvalue weighted by molar-refractivity contribution is -0.135. The molecule has 25 heavy (non-hydrogen) atoms. The van der Waals surface area contributed by atoms with Gasteiger partial charge in [-0.1, -0.05) is 24.0 Å². The minimum absolute atomic E-state index is 0.0357. The molecule has 3 heterocycles. The van der Waals surface area contributed by atoms with Gasteiger partial charge in [-0.3, -0.25) is 14.5 Å². The van der Waals surface area contributed by atoms with E-state index in [2.05, 4.69) is 0 Å². The summed E-state index contributed by atoms with van der Waals surface area (Å²) in [7, 11) is -1.52. The van der Waals surface area contributed by atoms with Gasteiger partial charge in [0.2, 0.25) is 5.91 Å². The Hall–Kier alpha value is -1.65. The van der Waals surface area contributed by atoms with Crippen LogP contribution in [0.1, 0.15) is 12.2 Å². The molecular weight excluding hydrogens is 384 g/mol. The summed E-state index contributed by atoms with van der Waals surface area (Å²) >= 11 is 6.30. The fourth-order valence-electron chi connectivity index (χ4n) is 2.67. The maximum atomic E-state index is 12.5. The van der Waals surface area contributed by atoms with Crippen molar-refractivity contribution in [3.8, 4) is 0 Å². The fourth-order valence-corrected chi connectivity index (χ4v) is 5.68. The van der Waals surface area contributed by atoms with Gasteiger partial charge < -0.3 is 9.32 Å². The third-order valence-corrected chi connectivity index (χ3v) is 7.26. The number of carbonyl (C=O) groups is 2. The molecule has 1 aromatic heterocycles. The molecule has 10 heteroatoms. The molecule has 2 fully saturated rings. The van der Waals surface area contributed by atoms with Gasteiger partial charge in [0.1, 0.15) is 16.6 Å². The minimum atomic E-state index is -3.08. The van der Waals surface area contributed by atoms with E-state index >= 15 is 0 Å². The van der Waals surface area contributed by atoms with Crippen molar-refractivity contribution in [2.75, 3.05) is 25.1 Å². The quantitative estimate of drug-likeness (QED) is 0.553. The van der Waals surface area contributed by atoms with Crippen LogP contribution >= 0.6 is 24.0 Å². The first-order chi connectivity index (χ1) is 11.8. The van der Waals surface area contributed by atoms with Crippen molar-refractivity contribution < 1.29 is 22.4 Å². The standard InChI is InChI=1S/C15H16N2O5S3/c1-16(10-4-6-25(20,21)9-10)13(18)8-17-14(19)12(24-15(17)23)7-11-3-2-5-22-11/h2-3,5,7,10H,4,6,8-9H2,1H3/b12-7+/t10-/m1/s1. The van der Waals surface area contributed by atoms with Crippen LogP contribution in [-0.4, -0.2) is 65.5 Å². The van der Waals surface area contributed by atoms with Crippen LogP contribution in [-0.2, 0) is 19.4 Å². The molecule has 134 valence electrons. The van der Waals surface area contributed by atoms with Crippen LogP contribution in [0.5, 0.6) is 0 Å². The topological polar surface area (TPSA) is 87.9 Å². The second kappa shape index (κ2) is 6.93. The average molecular weight is 401 g/mol. The Labute approximate surface area is 154 Å². The highest BCUT2D eigenvalue weighted by atomic mass is 32.2. The number of thiocarbonyl (C=S) groups is 1. The zero-order chi connectivity index (χ0) is 18.2. The van der Waals surface area contributed by atoms with E-state index in [1.165, 1.54) is 16.1 Å².